The van der Waals surface area contributed by atoms with Crippen LogP contribution in [0, 0.1) is 0 Å². The minimum Gasteiger partial charge on any atom is -0.341 e. The molecule has 1 saturated heterocycles. The van der Waals surface area contributed by atoms with Gasteiger partial charge in [0, 0.05) is 30.2 Å². The number of hydrogen-bond acceptors (Lipinski definition) is 2. The van der Waals surface area contributed by atoms with Gasteiger partial charge in [-0.3, -0.25) is 4.79 Å². The van der Waals surface area contributed by atoms with E-state index in [-0.39, 0.29) is 5.91 Å². The van der Waals surface area contributed by atoms with Crippen LogP contribution in [0.1, 0.15) is 31.2 Å². The molecule has 0 saturated carbocycles. The van der Waals surface area contributed by atoms with Gasteiger partial charge in [-0.15, -0.1) is 0 Å². The standard InChI is InChI=1S/C18H25N3O/c19-10-9-15-13-21(17-8-4-3-7-16(15)17)14-18(22)20-11-5-1-2-6-12-20/h3-4,7-8,13H,1-2,5-6,9-12,14,19H2. The third-order valence-electron chi connectivity index (χ3n) is 4.55. The summed E-state index contributed by atoms with van der Waals surface area (Å²) in [7, 11) is 0. The Hall–Kier alpha value is -1.81. The van der Waals surface area contributed by atoms with Crippen molar-refractivity contribution in [2.75, 3.05) is 19.6 Å². The molecule has 1 amide bonds. The average Bonchev–Trinajstić information content (AvgIpc) is 2.73. The van der Waals surface area contributed by atoms with Gasteiger partial charge < -0.3 is 15.2 Å². The third kappa shape index (κ3) is 3.17. The summed E-state index contributed by atoms with van der Waals surface area (Å²) in [6.07, 6.45) is 7.72. The summed E-state index contributed by atoms with van der Waals surface area (Å²) in [5.74, 6) is 0.238. The molecule has 4 nitrogen and oxygen atoms in total. The molecule has 0 aliphatic carbocycles. The number of aromatic nitrogens is 1. The number of rotatable bonds is 4. The van der Waals surface area contributed by atoms with Crippen molar-refractivity contribution in [3.05, 3.63) is 36.0 Å². The van der Waals surface area contributed by atoms with Crippen molar-refractivity contribution in [3.8, 4) is 0 Å². The molecule has 0 bridgehead atoms. The van der Waals surface area contributed by atoms with Crippen LogP contribution in [0.15, 0.2) is 30.5 Å². The molecule has 2 N–H and O–H groups in total. The third-order valence-corrected chi connectivity index (χ3v) is 4.55. The van der Waals surface area contributed by atoms with Crippen LogP contribution in [-0.4, -0.2) is 35.0 Å². The van der Waals surface area contributed by atoms with E-state index in [2.05, 4.69) is 22.9 Å². The van der Waals surface area contributed by atoms with Gasteiger partial charge in [-0.2, -0.15) is 0 Å². The molecule has 1 aliphatic rings. The van der Waals surface area contributed by atoms with E-state index in [0.717, 1.165) is 37.9 Å². The Kier molecular flexibility index (Phi) is 4.78. The lowest BCUT2D eigenvalue weighted by Gasteiger charge is -2.20. The molecule has 0 spiro atoms. The van der Waals surface area contributed by atoms with Gasteiger partial charge in [0.15, 0.2) is 0 Å². The van der Waals surface area contributed by atoms with E-state index >= 15 is 0 Å². The van der Waals surface area contributed by atoms with Crippen LogP contribution in [0.4, 0.5) is 0 Å². The molecule has 1 aromatic carbocycles. The summed E-state index contributed by atoms with van der Waals surface area (Å²) < 4.78 is 2.09. The van der Waals surface area contributed by atoms with Gasteiger partial charge in [0.2, 0.25) is 5.91 Å². The van der Waals surface area contributed by atoms with E-state index in [9.17, 15) is 4.79 Å². The summed E-state index contributed by atoms with van der Waals surface area (Å²) >= 11 is 0. The van der Waals surface area contributed by atoms with Crippen LogP contribution in [0.2, 0.25) is 0 Å². The van der Waals surface area contributed by atoms with Crippen LogP contribution < -0.4 is 5.73 Å². The maximum atomic E-state index is 12.6. The quantitative estimate of drug-likeness (QED) is 0.943. The molecule has 1 aromatic heterocycles. The summed E-state index contributed by atoms with van der Waals surface area (Å²) in [6, 6.07) is 8.28. The van der Waals surface area contributed by atoms with E-state index < -0.39 is 0 Å². The first-order valence-electron chi connectivity index (χ1n) is 8.34. The van der Waals surface area contributed by atoms with Crippen molar-refractivity contribution < 1.29 is 4.79 Å². The van der Waals surface area contributed by atoms with Gasteiger partial charge in [0.25, 0.3) is 0 Å². The molecule has 2 aromatic rings. The summed E-state index contributed by atoms with van der Waals surface area (Å²) in [4.78, 5) is 14.6. The van der Waals surface area contributed by atoms with Crippen LogP contribution in [0.3, 0.4) is 0 Å². The molecule has 118 valence electrons. The molecular formula is C18H25N3O. The fourth-order valence-electron chi connectivity index (χ4n) is 3.37. The van der Waals surface area contributed by atoms with E-state index in [1.807, 2.05) is 17.0 Å². The molecule has 0 radical (unpaired) electrons. The van der Waals surface area contributed by atoms with Gasteiger partial charge in [-0.05, 0) is 37.4 Å². The normalized spacial score (nSPS) is 16.0. The van der Waals surface area contributed by atoms with Crippen LogP contribution in [-0.2, 0) is 17.8 Å². The summed E-state index contributed by atoms with van der Waals surface area (Å²) in [5.41, 5.74) is 8.08. The first-order valence-corrected chi connectivity index (χ1v) is 8.34. The highest BCUT2D eigenvalue weighted by Crippen LogP contribution is 2.22. The SMILES string of the molecule is NCCc1cn(CC(=O)N2CCCCCC2)c2ccccc12. The predicted molar refractivity (Wildman–Crippen MR) is 89.7 cm³/mol. The zero-order valence-electron chi connectivity index (χ0n) is 13.1. The molecule has 22 heavy (non-hydrogen) atoms. The van der Waals surface area contributed by atoms with Crippen LogP contribution >= 0.6 is 0 Å². The predicted octanol–water partition coefficient (Wildman–Crippen LogP) is 2.55. The van der Waals surface area contributed by atoms with Gasteiger partial charge in [-0.25, -0.2) is 0 Å². The molecule has 0 atom stereocenters. The zero-order valence-corrected chi connectivity index (χ0v) is 13.1. The first kappa shape index (κ1) is 15.1. The Bertz CT molecular complexity index is 639. The number of amides is 1. The number of carbonyl (C=O) groups is 1. The number of nitrogens with zero attached hydrogens (tertiary/aromatic N) is 2. The maximum Gasteiger partial charge on any atom is 0.242 e. The highest BCUT2D eigenvalue weighted by molar-refractivity contribution is 5.86. The number of carbonyl (C=O) groups excluding carboxylic acids is 1. The van der Waals surface area contributed by atoms with Crippen molar-refractivity contribution in [1.82, 2.24) is 9.47 Å². The fraction of sp³-hybridized carbons (Fsp3) is 0.500. The Balaban J connectivity index is 1.82. The number of fused-ring (bicyclic) bond motifs is 1. The number of benzene rings is 1. The largest absolute Gasteiger partial charge is 0.341 e. The number of hydrogen-bond donors (Lipinski definition) is 1. The molecule has 0 unspecified atom stereocenters. The van der Waals surface area contributed by atoms with Gasteiger partial charge in [-0.1, -0.05) is 31.0 Å². The highest BCUT2D eigenvalue weighted by atomic mass is 16.2. The number of para-hydroxylation sites is 1. The van der Waals surface area contributed by atoms with Crippen LogP contribution in [0.25, 0.3) is 10.9 Å². The highest BCUT2D eigenvalue weighted by Gasteiger charge is 2.17. The van der Waals surface area contributed by atoms with E-state index in [1.54, 1.807) is 0 Å². The van der Waals surface area contributed by atoms with Crippen molar-refractivity contribution in [1.29, 1.82) is 0 Å². The monoisotopic (exact) mass is 299 g/mol. The van der Waals surface area contributed by atoms with E-state index in [0.29, 0.717) is 13.1 Å². The Morgan fingerprint density at radius 1 is 1.09 bits per heavy atom. The van der Waals surface area contributed by atoms with Crippen LogP contribution in [0.5, 0.6) is 0 Å². The Labute approximate surface area is 131 Å². The first-order chi connectivity index (χ1) is 10.8. The molecule has 2 heterocycles. The van der Waals surface area contributed by atoms with Crippen molar-refractivity contribution in [2.45, 2.75) is 38.6 Å². The number of likely N-dealkylation sites (tertiary alicyclic amines) is 1. The van der Waals surface area contributed by atoms with Gasteiger partial charge in [0.05, 0.1) is 0 Å². The smallest absolute Gasteiger partial charge is 0.242 e. The second-order valence-electron chi connectivity index (χ2n) is 6.13. The molecule has 4 heteroatoms. The average molecular weight is 299 g/mol. The molecule has 1 aliphatic heterocycles. The minimum absolute atomic E-state index is 0.238. The van der Waals surface area contributed by atoms with Gasteiger partial charge >= 0.3 is 0 Å². The Morgan fingerprint density at radius 2 is 1.82 bits per heavy atom. The second-order valence-corrected chi connectivity index (χ2v) is 6.13. The zero-order chi connectivity index (χ0) is 15.4. The number of nitrogens with two attached hydrogens (primary N) is 1. The lowest BCUT2D eigenvalue weighted by Crippen LogP contribution is -2.34. The van der Waals surface area contributed by atoms with Crippen molar-refractivity contribution >= 4 is 16.8 Å². The molecule has 1 fully saturated rings. The van der Waals surface area contributed by atoms with Crippen molar-refractivity contribution in [2.24, 2.45) is 5.73 Å². The summed E-state index contributed by atoms with van der Waals surface area (Å²) in [5, 5.41) is 1.22. The lowest BCUT2D eigenvalue weighted by atomic mass is 10.1. The topological polar surface area (TPSA) is 51.3 Å². The van der Waals surface area contributed by atoms with E-state index in [4.69, 9.17) is 5.73 Å². The second kappa shape index (κ2) is 6.97. The maximum absolute atomic E-state index is 12.6. The minimum atomic E-state index is 0.238. The lowest BCUT2D eigenvalue weighted by molar-refractivity contribution is -0.131. The fourth-order valence-corrected chi connectivity index (χ4v) is 3.37. The van der Waals surface area contributed by atoms with Crippen molar-refractivity contribution in [3.63, 3.8) is 0 Å². The van der Waals surface area contributed by atoms with Gasteiger partial charge in [0.1, 0.15) is 6.54 Å². The molecular weight excluding hydrogens is 274 g/mol. The van der Waals surface area contributed by atoms with E-state index in [1.165, 1.54) is 23.8 Å². The Morgan fingerprint density at radius 3 is 2.55 bits per heavy atom. The molecule has 3 rings (SSSR count). The summed E-state index contributed by atoms with van der Waals surface area (Å²) in [6.45, 7) is 2.89.